The first-order valence-corrected chi connectivity index (χ1v) is 6.54. The molecule has 1 unspecified atom stereocenters. The zero-order chi connectivity index (χ0) is 14.3. The second-order valence-corrected chi connectivity index (χ2v) is 6.22. The van der Waals surface area contributed by atoms with Crippen molar-refractivity contribution >= 4 is 5.69 Å². The van der Waals surface area contributed by atoms with E-state index in [0.717, 1.165) is 12.1 Å². The standard InChI is InChI=1S/C15H22FNO2/c1-14(2)9-13(15(3,4)19-14)17-10-6-7-12(18-5)11(16)8-10/h6-8,13,17H,9H2,1-5H3. The zero-order valence-electron chi connectivity index (χ0n) is 12.2. The molecule has 4 heteroatoms. The van der Waals surface area contributed by atoms with Crippen molar-refractivity contribution in [2.24, 2.45) is 0 Å². The molecule has 1 aliphatic heterocycles. The lowest BCUT2D eigenvalue weighted by Gasteiger charge is -2.28. The molecule has 1 heterocycles. The summed E-state index contributed by atoms with van der Waals surface area (Å²) in [7, 11) is 1.46. The number of hydrogen-bond acceptors (Lipinski definition) is 3. The number of benzene rings is 1. The van der Waals surface area contributed by atoms with Gasteiger partial charge in [0.15, 0.2) is 11.6 Å². The van der Waals surface area contributed by atoms with Crippen LogP contribution in [-0.4, -0.2) is 24.4 Å². The summed E-state index contributed by atoms with van der Waals surface area (Å²) >= 11 is 0. The summed E-state index contributed by atoms with van der Waals surface area (Å²) in [6.07, 6.45) is 0.883. The minimum atomic E-state index is -0.358. The fourth-order valence-electron chi connectivity index (χ4n) is 2.74. The topological polar surface area (TPSA) is 30.5 Å². The first kappa shape index (κ1) is 14.1. The lowest BCUT2D eigenvalue weighted by Crippen LogP contribution is -2.38. The normalized spacial score (nSPS) is 24.2. The van der Waals surface area contributed by atoms with Crippen molar-refractivity contribution in [3.63, 3.8) is 0 Å². The van der Waals surface area contributed by atoms with Gasteiger partial charge in [-0.3, -0.25) is 0 Å². The van der Waals surface area contributed by atoms with Crippen molar-refractivity contribution in [3.8, 4) is 5.75 Å². The molecule has 1 saturated heterocycles. The van der Waals surface area contributed by atoms with E-state index >= 15 is 0 Å². The Morgan fingerprint density at radius 1 is 1.32 bits per heavy atom. The maximum atomic E-state index is 13.7. The Balaban J connectivity index is 2.15. The molecule has 0 bridgehead atoms. The predicted molar refractivity (Wildman–Crippen MR) is 74.2 cm³/mol. The summed E-state index contributed by atoms with van der Waals surface area (Å²) in [6, 6.07) is 5.06. The van der Waals surface area contributed by atoms with Gasteiger partial charge in [-0.2, -0.15) is 0 Å². The molecule has 0 aromatic heterocycles. The van der Waals surface area contributed by atoms with Crippen LogP contribution in [0.15, 0.2) is 18.2 Å². The van der Waals surface area contributed by atoms with E-state index in [9.17, 15) is 4.39 Å². The number of ether oxygens (including phenoxy) is 2. The molecule has 0 radical (unpaired) electrons. The summed E-state index contributed by atoms with van der Waals surface area (Å²) in [5.74, 6) is -0.101. The lowest BCUT2D eigenvalue weighted by molar-refractivity contribution is -0.0662. The highest BCUT2D eigenvalue weighted by Gasteiger charge is 2.45. The predicted octanol–water partition coefficient (Wildman–Crippen LogP) is 3.59. The average molecular weight is 267 g/mol. The molecule has 0 spiro atoms. The fourth-order valence-corrected chi connectivity index (χ4v) is 2.74. The van der Waals surface area contributed by atoms with Crippen molar-refractivity contribution < 1.29 is 13.9 Å². The monoisotopic (exact) mass is 267 g/mol. The van der Waals surface area contributed by atoms with E-state index in [-0.39, 0.29) is 28.8 Å². The zero-order valence-corrected chi connectivity index (χ0v) is 12.2. The first-order chi connectivity index (χ1) is 8.73. The van der Waals surface area contributed by atoms with E-state index in [1.54, 1.807) is 6.07 Å². The van der Waals surface area contributed by atoms with Crippen molar-refractivity contribution in [1.82, 2.24) is 0 Å². The molecule has 1 aromatic rings. The molecule has 1 fully saturated rings. The van der Waals surface area contributed by atoms with E-state index in [2.05, 4.69) is 33.0 Å². The molecule has 19 heavy (non-hydrogen) atoms. The van der Waals surface area contributed by atoms with E-state index in [1.807, 2.05) is 6.07 Å². The van der Waals surface area contributed by atoms with Gasteiger partial charge in [0.25, 0.3) is 0 Å². The number of methoxy groups -OCH3 is 1. The number of hydrogen-bond donors (Lipinski definition) is 1. The van der Waals surface area contributed by atoms with Gasteiger partial charge in [-0.1, -0.05) is 0 Å². The maximum absolute atomic E-state index is 13.7. The molecule has 1 N–H and O–H groups in total. The van der Waals surface area contributed by atoms with E-state index < -0.39 is 0 Å². The van der Waals surface area contributed by atoms with Gasteiger partial charge in [0.05, 0.1) is 24.4 Å². The molecule has 1 atom stereocenters. The molecule has 1 aromatic carbocycles. The van der Waals surface area contributed by atoms with Crippen molar-refractivity contribution in [3.05, 3.63) is 24.0 Å². The quantitative estimate of drug-likeness (QED) is 0.907. The van der Waals surface area contributed by atoms with Crippen LogP contribution in [-0.2, 0) is 4.74 Å². The van der Waals surface area contributed by atoms with Gasteiger partial charge in [0, 0.05) is 11.8 Å². The van der Waals surface area contributed by atoms with Gasteiger partial charge in [-0.05, 0) is 46.2 Å². The molecular weight excluding hydrogens is 245 g/mol. The second-order valence-electron chi connectivity index (χ2n) is 6.22. The minimum absolute atomic E-state index is 0.148. The lowest BCUT2D eigenvalue weighted by atomic mass is 9.94. The van der Waals surface area contributed by atoms with Gasteiger partial charge in [-0.15, -0.1) is 0 Å². The molecular formula is C15H22FNO2. The minimum Gasteiger partial charge on any atom is -0.494 e. The third kappa shape index (κ3) is 3.00. The van der Waals surface area contributed by atoms with Crippen LogP contribution in [0, 0.1) is 5.82 Å². The van der Waals surface area contributed by atoms with E-state index in [0.29, 0.717) is 0 Å². The van der Waals surface area contributed by atoms with Crippen molar-refractivity contribution in [2.45, 2.75) is 51.4 Å². The van der Waals surface area contributed by atoms with Gasteiger partial charge in [-0.25, -0.2) is 4.39 Å². The Kier molecular flexibility index (Phi) is 3.47. The highest BCUT2D eigenvalue weighted by atomic mass is 19.1. The van der Waals surface area contributed by atoms with Crippen molar-refractivity contribution in [2.75, 3.05) is 12.4 Å². The highest BCUT2D eigenvalue weighted by Crippen LogP contribution is 2.39. The van der Waals surface area contributed by atoms with Crippen LogP contribution >= 0.6 is 0 Å². The molecule has 3 nitrogen and oxygen atoms in total. The molecule has 106 valence electrons. The van der Waals surface area contributed by atoms with Crippen LogP contribution in [0.25, 0.3) is 0 Å². The Morgan fingerprint density at radius 2 is 2.00 bits per heavy atom. The van der Waals surface area contributed by atoms with E-state index in [1.165, 1.54) is 13.2 Å². The Hall–Kier alpha value is -1.29. The summed E-state index contributed by atoms with van der Waals surface area (Å²) in [5.41, 5.74) is 0.309. The van der Waals surface area contributed by atoms with Crippen LogP contribution in [0.4, 0.5) is 10.1 Å². The molecule has 0 aliphatic carbocycles. The molecule has 1 aliphatic rings. The van der Waals surface area contributed by atoms with Crippen molar-refractivity contribution in [1.29, 1.82) is 0 Å². The summed E-state index contributed by atoms with van der Waals surface area (Å²) in [6.45, 7) is 8.26. The van der Waals surface area contributed by atoms with Crippen LogP contribution < -0.4 is 10.1 Å². The SMILES string of the molecule is COc1ccc(NC2CC(C)(C)OC2(C)C)cc1F. The largest absolute Gasteiger partial charge is 0.494 e. The third-order valence-electron chi connectivity index (χ3n) is 3.57. The number of nitrogens with one attached hydrogen (secondary N) is 1. The fraction of sp³-hybridized carbons (Fsp3) is 0.600. The summed E-state index contributed by atoms with van der Waals surface area (Å²) in [5, 5.41) is 3.36. The van der Waals surface area contributed by atoms with Crippen LogP contribution in [0.2, 0.25) is 0 Å². The maximum Gasteiger partial charge on any atom is 0.167 e. The van der Waals surface area contributed by atoms with Gasteiger partial charge >= 0.3 is 0 Å². The summed E-state index contributed by atoms with van der Waals surface area (Å²) in [4.78, 5) is 0. The highest BCUT2D eigenvalue weighted by molar-refractivity contribution is 5.48. The molecule has 0 amide bonds. The van der Waals surface area contributed by atoms with Gasteiger partial charge < -0.3 is 14.8 Å². The van der Waals surface area contributed by atoms with Gasteiger partial charge in [0.2, 0.25) is 0 Å². The smallest absolute Gasteiger partial charge is 0.167 e. The average Bonchev–Trinajstić information content (AvgIpc) is 2.47. The third-order valence-corrected chi connectivity index (χ3v) is 3.57. The summed E-state index contributed by atoms with van der Waals surface area (Å²) < 4.78 is 24.6. The molecule has 0 saturated carbocycles. The van der Waals surface area contributed by atoms with Crippen LogP contribution in [0.3, 0.4) is 0 Å². The van der Waals surface area contributed by atoms with E-state index in [4.69, 9.17) is 9.47 Å². The Morgan fingerprint density at radius 3 is 2.47 bits per heavy atom. The number of anilines is 1. The number of rotatable bonds is 3. The van der Waals surface area contributed by atoms with Crippen LogP contribution in [0.1, 0.15) is 34.1 Å². The molecule has 2 rings (SSSR count). The van der Waals surface area contributed by atoms with Gasteiger partial charge in [0.1, 0.15) is 0 Å². The Labute approximate surface area is 114 Å². The Bertz CT molecular complexity index is 471. The first-order valence-electron chi connectivity index (χ1n) is 6.54. The van der Waals surface area contributed by atoms with Crippen LogP contribution in [0.5, 0.6) is 5.75 Å². The number of halogens is 1. The second kappa shape index (κ2) is 4.67.